The van der Waals surface area contributed by atoms with Gasteiger partial charge in [-0.3, -0.25) is 4.79 Å². The van der Waals surface area contributed by atoms with Crippen molar-refractivity contribution in [1.29, 1.82) is 0 Å². The number of nitrogens with zero attached hydrogens (tertiary/aromatic N) is 2. The van der Waals surface area contributed by atoms with Crippen LogP contribution in [0.4, 0.5) is 5.82 Å². The van der Waals surface area contributed by atoms with E-state index in [-0.39, 0.29) is 5.78 Å². The van der Waals surface area contributed by atoms with E-state index in [1.807, 2.05) is 6.07 Å². The van der Waals surface area contributed by atoms with Gasteiger partial charge in [0.05, 0.1) is 6.61 Å². The number of carbonyl (C=O) groups is 1. The number of rotatable bonds is 7. The summed E-state index contributed by atoms with van der Waals surface area (Å²) < 4.78 is 5.19. The Morgan fingerprint density at radius 3 is 2.89 bits per heavy atom. The van der Waals surface area contributed by atoms with E-state index in [1.54, 1.807) is 26.3 Å². The molecule has 1 saturated carbocycles. The normalized spacial score (nSPS) is 16.2. The molecule has 2 rings (SSSR count). The predicted octanol–water partition coefficient (Wildman–Crippen LogP) is 2.54. The number of ether oxygens (including phenoxy) is 1. The topological polar surface area (TPSA) is 42.4 Å². The Balaban J connectivity index is 2.20. The van der Waals surface area contributed by atoms with Crippen molar-refractivity contribution < 1.29 is 9.53 Å². The zero-order valence-corrected chi connectivity index (χ0v) is 11.9. The van der Waals surface area contributed by atoms with E-state index in [9.17, 15) is 4.79 Å². The first-order valence-corrected chi connectivity index (χ1v) is 6.86. The predicted molar refractivity (Wildman–Crippen MR) is 75.6 cm³/mol. The molecule has 0 spiro atoms. The SMILES string of the molecule is COCCN(c1cc(C(C)=O)ccn1)C(C)C1CC1. The minimum Gasteiger partial charge on any atom is -0.383 e. The number of Topliss-reactive ketones (excluding diaryl/α,β-unsaturated/α-hetero) is 1. The van der Waals surface area contributed by atoms with Crippen LogP contribution in [0.25, 0.3) is 0 Å². The van der Waals surface area contributed by atoms with E-state index in [4.69, 9.17) is 4.74 Å². The largest absolute Gasteiger partial charge is 0.383 e. The van der Waals surface area contributed by atoms with E-state index in [1.165, 1.54) is 12.8 Å². The Morgan fingerprint density at radius 2 is 2.32 bits per heavy atom. The molecule has 0 bridgehead atoms. The van der Waals surface area contributed by atoms with Gasteiger partial charge in [0.25, 0.3) is 0 Å². The smallest absolute Gasteiger partial charge is 0.159 e. The molecule has 0 saturated heterocycles. The molecule has 1 heterocycles. The van der Waals surface area contributed by atoms with Gasteiger partial charge in [0.15, 0.2) is 5.78 Å². The van der Waals surface area contributed by atoms with E-state index in [2.05, 4.69) is 16.8 Å². The van der Waals surface area contributed by atoms with Crippen LogP contribution in [0, 0.1) is 5.92 Å². The van der Waals surface area contributed by atoms with Crippen molar-refractivity contribution in [3.8, 4) is 0 Å². The molecule has 1 aliphatic carbocycles. The molecule has 1 atom stereocenters. The molecule has 1 aromatic rings. The summed E-state index contributed by atoms with van der Waals surface area (Å²) in [6.45, 7) is 5.30. The van der Waals surface area contributed by atoms with E-state index in [0.717, 1.165) is 23.8 Å². The summed E-state index contributed by atoms with van der Waals surface area (Å²) in [7, 11) is 1.71. The number of hydrogen-bond acceptors (Lipinski definition) is 4. The van der Waals surface area contributed by atoms with Crippen molar-refractivity contribution in [3.63, 3.8) is 0 Å². The highest BCUT2D eigenvalue weighted by molar-refractivity contribution is 5.94. The van der Waals surface area contributed by atoms with Crippen LogP contribution < -0.4 is 4.90 Å². The molecule has 0 N–H and O–H groups in total. The molecule has 1 aromatic heterocycles. The molecule has 0 radical (unpaired) electrons. The lowest BCUT2D eigenvalue weighted by atomic mass is 10.1. The van der Waals surface area contributed by atoms with Crippen molar-refractivity contribution in [3.05, 3.63) is 23.9 Å². The van der Waals surface area contributed by atoms with Gasteiger partial charge in [0, 0.05) is 31.5 Å². The third-order valence-corrected chi connectivity index (χ3v) is 3.78. The molecular weight excluding hydrogens is 240 g/mol. The molecule has 0 aromatic carbocycles. The van der Waals surface area contributed by atoms with E-state index < -0.39 is 0 Å². The molecule has 4 nitrogen and oxygen atoms in total. The Morgan fingerprint density at radius 1 is 1.58 bits per heavy atom. The minimum absolute atomic E-state index is 0.0782. The molecule has 19 heavy (non-hydrogen) atoms. The van der Waals surface area contributed by atoms with Crippen molar-refractivity contribution in [2.45, 2.75) is 32.7 Å². The summed E-state index contributed by atoms with van der Waals surface area (Å²) in [5, 5.41) is 0. The number of hydrogen-bond donors (Lipinski definition) is 0. The molecule has 0 amide bonds. The molecule has 4 heteroatoms. The second kappa shape index (κ2) is 6.15. The third kappa shape index (κ3) is 3.53. The fourth-order valence-corrected chi connectivity index (χ4v) is 2.34. The van der Waals surface area contributed by atoms with Gasteiger partial charge in [-0.05, 0) is 44.7 Å². The Bertz CT molecular complexity index is 444. The van der Waals surface area contributed by atoms with Gasteiger partial charge in [-0.2, -0.15) is 0 Å². The number of methoxy groups -OCH3 is 1. The summed E-state index contributed by atoms with van der Waals surface area (Å²) in [6, 6.07) is 4.10. The Hall–Kier alpha value is -1.42. The Kier molecular flexibility index (Phi) is 4.53. The maximum absolute atomic E-state index is 11.5. The zero-order valence-electron chi connectivity index (χ0n) is 11.9. The second-order valence-corrected chi connectivity index (χ2v) is 5.22. The first-order chi connectivity index (χ1) is 9.13. The fraction of sp³-hybridized carbons (Fsp3) is 0.600. The van der Waals surface area contributed by atoms with Gasteiger partial charge in [0.1, 0.15) is 5.82 Å². The standard InChI is InChI=1S/C15H22N2O2/c1-11(13-4-5-13)17(8-9-19-3)15-10-14(12(2)18)6-7-16-15/h6-7,10-11,13H,4-5,8-9H2,1-3H3. The van der Waals surface area contributed by atoms with Gasteiger partial charge < -0.3 is 9.64 Å². The monoisotopic (exact) mass is 262 g/mol. The van der Waals surface area contributed by atoms with Crippen LogP contribution in [0.5, 0.6) is 0 Å². The van der Waals surface area contributed by atoms with Crippen LogP contribution in [0.3, 0.4) is 0 Å². The first kappa shape index (κ1) is 14.0. The molecule has 1 unspecified atom stereocenters. The summed E-state index contributed by atoms with van der Waals surface area (Å²) in [5.41, 5.74) is 0.718. The number of carbonyl (C=O) groups excluding carboxylic acids is 1. The van der Waals surface area contributed by atoms with Crippen LogP contribution in [-0.2, 0) is 4.74 Å². The fourth-order valence-electron chi connectivity index (χ4n) is 2.34. The lowest BCUT2D eigenvalue weighted by Crippen LogP contribution is -2.38. The number of ketones is 1. The summed E-state index contributed by atoms with van der Waals surface area (Å²) in [6.07, 6.45) is 4.29. The molecule has 1 aliphatic rings. The average Bonchev–Trinajstić information content (AvgIpc) is 3.23. The number of aromatic nitrogens is 1. The van der Waals surface area contributed by atoms with Crippen LogP contribution in [-0.4, -0.2) is 37.1 Å². The van der Waals surface area contributed by atoms with Crippen LogP contribution in [0.1, 0.15) is 37.0 Å². The van der Waals surface area contributed by atoms with E-state index in [0.29, 0.717) is 12.6 Å². The van der Waals surface area contributed by atoms with Crippen molar-refractivity contribution in [2.75, 3.05) is 25.2 Å². The lowest BCUT2D eigenvalue weighted by molar-refractivity contribution is 0.101. The average molecular weight is 262 g/mol. The van der Waals surface area contributed by atoms with Gasteiger partial charge in [-0.15, -0.1) is 0 Å². The Labute approximate surface area is 114 Å². The number of anilines is 1. The highest BCUT2D eigenvalue weighted by Gasteiger charge is 2.32. The minimum atomic E-state index is 0.0782. The second-order valence-electron chi connectivity index (χ2n) is 5.22. The maximum atomic E-state index is 11.5. The molecule has 1 fully saturated rings. The zero-order chi connectivity index (χ0) is 13.8. The van der Waals surface area contributed by atoms with Gasteiger partial charge >= 0.3 is 0 Å². The van der Waals surface area contributed by atoms with Gasteiger partial charge in [-0.25, -0.2) is 4.98 Å². The van der Waals surface area contributed by atoms with E-state index >= 15 is 0 Å². The molecular formula is C15H22N2O2. The van der Waals surface area contributed by atoms with Crippen LogP contribution >= 0.6 is 0 Å². The van der Waals surface area contributed by atoms with Crippen LogP contribution in [0.2, 0.25) is 0 Å². The lowest BCUT2D eigenvalue weighted by Gasteiger charge is -2.30. The highest BCUT2D eigenvalue weighted by atomic mass is 16.5. The van der Waals surface area contributed by atoms with Crippen molar-refractivity contribution in [1.82, 2.24) is 4.98 Å². The number of pyridine rings is 1. The highest BCUT2D eigenvalue weighted by Crippen LogP contribution is 2.36. The quantitative estimate of drug-likeness (QED) is 0.708. The van der Waals surface area contributed by atoms with Crippen molar-refractivity contribution in [2.24, 2.45) is 5.92 Å². The summed E-state index contributed by atoms with van der Waals surface area (Å²) in [5.74, 6) is 1.71. The maximum Gasteiger partial charge on any atom is 0.159 e. The van der Waals surface area contributed by atoms with Crippen molar-refractivity contribution >= 4 is 11.6 Å². The third-order valence-electron chi connectivity index (χ3n) is 3.78. The summed E-state index contributed by atoms with van der Waals surface area (Å²) >= 11 is 0. The summed E-state index contributed by atoms with van der Waals surface area (Å²) in [4.78, 5) is 18.2. The first-order valence-electron chi connectivity index (χ1n) is 6.86. The molecule has 0 aliphatic heterocycles. The van der Waals surface area contributed by atoms with Gasteiger partial charge in [0.2, 0.25) is 0 Å². The van der Waals surface area contributed by atoms with Crippen LogP contribution in [0.15, 0.2) is 18.3 Å². The van der Waals surface area contributed by atoms with Gasteiger partial charge in [-0.1, -0.05) is 0 Å². The molecule has 104 valence electrons.